The van der Waals surface area contributed by atoms with E-state index in [2.05, 4.69) is 38.3 Å². The lowest BCUT2D eigenvalue weighted by molar-refractivity contribution is 0.235. The van der Waals surface area contributed by atoms with Gasteiger partial charge in [0.2, 0.25) is 0 Å². The molecule has 0 bridgehead atoms. The van der Waals surface area contributed by atoms with E-state index in [1.165, 1.54) is 0 Å². The highest BCUT2D eigenvalue weighted by atomic mass is 16.5. The van der Waals surface area contributed by atoms with Crippen molar-refractivity contribution in [3.8, 4) is 5.75 Å². The largest absolute Gasteiger partial charge is 0.493 e. The van der Waals surface area contributed by atoms with Crippen LogP contribution >= 0.6 is 0 Å². The highest BCUT2D eigenvalue weighted by molar-refractivity contribution is 5.74. The first-order valence-corrected chi connectivity index (χ1v) is 7.81. The van der Waals surface area contributed by atoms with Crippen molar-refractivity contribution in [2.45, 2.75) is 53.1 Å². The Morgan fingerprint density at radius 2 is 1.86 bits per heavy atom. The van der Waals surface area contributed by atoms with Crippen LogP contribution in [0.5, 0.6) is 5.75 Å². The molecule has 4 heteroatoms. The Labute approximate surface area is 128 Å². The summed E-state index contributed by atoms with van der Waals surface area (Å²) in [6.45, 7) is 9.53. The minimum Gasteiger partial charge on any atom is -0.493 e. The van der Waals surface area contributed by atoms with E-state index in [-0.39, 0.29) is 12.1 Å². The average molecular weight is 292 g/mol. The highest BCUT2D eigenvalue weighted by Gasteiger charge is 2.09. The van der Waals surface area contributed by atoms with Gasteiger partial charge in [0, 0.05) is 18.2 Å². The molecule has 0 heterocycles. The summed E-state index contributed by atoms with van der Waals surface area (Å²) in [5.74, 6) is 1.32. The lowest BCUT2D eigenvalue weighted by Crippen LogP contribution is -2.41. The molecule has 21 heavy (non-hydrogen) atoms. The number of amides is 2. The molecule has 2 N–H and O–H groups in total. The maximum Gasteiger partial charge on any atom is 0.315 e. The van der Waals surface area contributed by atoms with Gasteiger partial charge >= 0.3 is 6.03 Å². The molecule has 0 aliphatic carbocycles. The molecule has 0 fully saturated rings. The number of ether oxygens (including phenoxy) is 1. The van der Waals surface area contributed by atoms with Crippen molar-refractivity contribution in [2.24, 2.45) is 5.92 Å². The second kappa shape index (κ2) is 9.27. The van der Waals surface area contributed by atoms with Gasteiger partial charge in [-0.2, -0.15) is 0 Å². The van der Waals surface area contributed by atoms with E-state index >= 15 is 0 Å². The zero-order valence-electron chi connectivity index (χ0n) is 13.6. The molecule has 0 aliphatic heterocycles. The van der Waals surface area contributed by atoms with E-state index in [4.69, 9.17) is 4.74 Å². The minimum atomic E-state index is -0.123. The molecule has 1 rings (SSSR count). The van der Waals surface area contributed by atoms with Gasteiger partial charge in [-0.3, -0.25) is 0 Å². The van der Waals surface area contributed by atoms with Gasteiger partial charge in [0.15, 0.2) is 0 Å². The van der Waals surface area contributed by atoms with Crippen molar-refractivity contribution in [1.29, 1.82) is 0 Å². The standard InChI is InChI=1S/C17H28N2O2/c1-5-15(6-2)19-17(20)18-11-14-9-7-8-10-16(14)21-12-13(3)4/h7-10,13,15H,5-6,11-12H2,1-4H3,(H2,18,19,20). The fourth-order valence-electron chi connectivity index (χ4n) is 1.95. The van der Waals surface area contributed by atoms with Crippen molar-refractivity contribution in [3.05, 3.63) is 29.8 Å². The number of carbonyl (C=O) groups excluding carboxylic acids is 1. The molecule has 2 amide bonds. The van der Waals surface area contributed by atoms with Crippen LogP contribution in [0.25, 0.3) is 0 Å². The summed E-state index contributed by atoms with van der Waals surface area (Å²) in [6.07, 6.45) is 1.88. The molecular weight excluding hydrogens is 264 g/mol. The summed E-state index contributed by atoms with van der Waals surface area (Å²) in [4.78, 5) is 11.9. The number of urea groups is 1. The quantitative estimate of drug-likeness (QED) is 0.767. The highest BCUT2D eigenvalue weighted by Crippen LogP contribution is 2.18. The van der Waals surface area contributed by atoms with Crippen molar-refractivity contribution >= 4 is 6.03 Å². The normalized spacial score (nSPS) is 10.8. The first-order chi connectivity index (χ1) is 10.1. The molecule has 4 nitrogen and oxygen atoms in total. The lowest BCUT2D eigenvalue weighted by atomic mass is 10.2. The molecule has 0 spiro atoms. The second-order valence-electron chi connectivity index (χ2n) is 5.65. The van der Waals surface area contributed by atoms with E-state index in [1.54, 1.807) is 0 Å². The summed E-state index contributed by atoms with van der Waals surface area (Å²) in [7, 11) is 0. The lowest BCUT2D eigenvalue weighted by Gasteiger charge is -2.17. The predicted molar refractivity (Wildman–Crippen MR) is 86.5 cm³/mol. The SMILES string of the molecule is CCC(CC)NC(=O)NCc1ccccc1OCC(C)C. The summed E-state index contributed by atoms with van der Waals surface area (Å²) >= 11 is 0. The van der Waals surface area contributed by atoms with Crippen molar-refractivity contribution in [1.82, 2.24) is 10.6 Å². The average Bonchev–Trinajstić information content (AvgIpc) is 2.49. The molecule has 118 valence electrons. The molecular formula is C17H28N2O2. The Kier molecular flexibility index (Phi) is 7.65. The summed E-state index contributed by atoms with van der Waals surface area (Å²) in [6, 6.07) is 7.94. The van der Waals surface area contributed by atoms with Crippen LogP contribution in [0, 0.1) is 5.92 Å². The van der Waals surface area contributed by atoms with Gasteiger partial charge in [0.1, 0.15) is 5.75 Å². The van der Waals surface area contributed by atoms with Gasteiger partial charge in [0.05, 0.1) is 6.61 Å². The number of carbonyl (C=O) groups is 1. The number of nitrogens with one attached hydrogen (secondary N) is 2. The van der Waals surface area contributed by atoms with Crippen LogP contribution in [0.3, 0.4) is 0 Å². The van der Waals surface area contributed by atoms with Gasteiger partial charge in [0.25, 0.3) is 0 Å². The van der Waals surface area contributed by atoms with Gasteiger partial charge in [-0.1, -0.05) is 45.9 Å². The van der Waals surface area contributed by atoms with Gasteiger partial charge < -0.3 is 15.4 Å². The fourth-order valence-corrected chi connectivity index (χ4v) is 1.95. The minimum absolute atomic E-state index is 0.123. The Bertz CT molecular complexity index is 429. The van der Waals surface area contributed by atoms with Crippen molar-refractivity contribution in [3.63, 3.8) is 0 Å². The predicted octanol–water partition coefficient (Wildman–Crippen LogP) is 3.71. The fraction of sp³-hybridized carbons (Fsp3) is 0.588. The molecule has 0 aromatic heterocycles. The van der Waals surface area contributed by atoms with Crippen LogP contribution in [0.1, 0.15) is 46.1 Å². The number of hydrogen-bond donors (Lipinski definition) is 2. The Balaban J connectivity index is 2.52. The molecule has 1 aromatic carbocycles. The molecule has 0 aliphatic rings. The molecule has 0 atom stereocenters. The number of hydrogen-bond acceptors (Lipinski definition) is 2. The first kappa shape index (κ1) is 17.3. The molecule has 0 radical (unpaired) electrons. The van der Waals surface area contributed by atoms with Crippen LogP contribution in [-0.4, -0.2) is 18.7 Å². The molecule has 1 aromatic rings. The molecule has 0 saturated heterocycles. The molecule has 0 saturated carbocycles. The zero-order valence-corrected chi connectivity index (χ0v) is 13.6. The topological polar surface area (TPSA) is 50.4 Å². The first-order valence-electron chi connectivity index (χ1n) is 7.81. The second-order valence-corrected chi connectivity index (χ2v) is 5.65. The van der Waals surface area contributed by atoms with Crippen LogP contribution in [0.4, 0.5) is 4.79 Å². The van der Waals surface area contributed by atoms with Crippen LogP contribution in [-0.2, 0) is 6.54 Å². The van der Waals surface area contributed by atoms with Gasteiger partial charge in [-0.15, -0.1) is 0 Å². The van der Waals surface area contributed by atoms with Crippen LogP contribution in [0.15, 0.2) is 24.3 Å². The summed E-state index contributed by atoms with van der Waals surface area (Å²) < 4.78 is 5.78. The van der Waals surface area contributed by atoms with Crippen LogP contribution in [0.2, 0.25) is 0 Å². The van der Waals surface area contributed by atoms with Crippen LogP contribution < -0.4 is 15.4 Å². The van der Waals surface area contributed by atoms with E-state index in [0.29, 0.717) is 19.1 Å². The summed E-state index contributed by atoms with van der Waals surface area (Å²) in [5.41, 5.74) is 0.998. The smallest absolute Gasteiger partial charge is 0.315 e. The third kappa shape index (κ3) is 6.52. The Hall–Kier alpha value is -1.71. The monoisotopic (exact) mass is 292 g/mol. The Morgan fingerprint density at radius 3 is 2.48 bits per heavy atom. The third-order valence-corrected chi connectivity index (χ3v) is 3.30. The van der Waals surface area contributed by atoms with Gasteiger partial charge in [-0.05, 0) is 24.8 Å². The van der Waals surface area contributed by atoms with Crippen molar-refractivity contribution in [2.75, 3.05) is 6.61 Å². The number of benzene rings is 1. The third-order valence-electron chi connectivity index (χ3n) is 3.30. The van der Waals surface area contributed by atoms with E-state index in [9.17, 15) is 4.79 Å². The van der Waals surface area contributed by atoms with E-state index < -0.39 is 0 Å². The maximum atomic E-state index is 11.9. The van der Waals surface area contributed by atoms with Gasteiger partial charge in [-0.25, -0.2) is 4.79 Å². The van der Waals surface area contributed by atoms with Crippen molar-refractivity contribution < 1.29 is 9.53 Å². The zero-order chi connectivity index (χ0) is 15.7. The molecule has 0 unspecified atom stereocenters. The Morgan fingerprint density at radius 1 is 1.19 bits per heavy atom. The number of para-hydroxylation sites is 1. The number of rotatable bonds is 8. The van der Waals surface area contributed by atoms with E-state index in [0.717, 1.165) is 24.2 Å². The summed E-state index contributed by atoms with van der Waals surface area (Å²) in [5, 5.41) is 5.86. The van der Waals surface area contributed by atoms with E-state index in [1.807, 2.05) is 24.3 Å². The maximum absolute atomic E-state index is 11.9.